The number of ether oxygens (including phenoxy) is 1. The van der Waals surface area contributed by atoms with Crippen LogP contribution in [0.25, 0.3) is 0 Å². The van der Waals surface area contributed by atoms with Crippen LogP contribution in [0.3, 0.4) is 0 Å². The van der Waals surface area contributed by atoms with E-state index in [1.807, 2.05) is 13.8 Å². The Hall–Kier alpha value is -1.61. The van der Waals surface area contributed by atoms with Gasteiger partial charge in [-0.15, -0.1) is 0 Å². The fraction of sp³-hybridized carbons (Fsp3) is 0.667. The molecule has 0 aromatic carbocycles. The molecular formula is C15H28N5O6Pb. The summed E-state index contributed by atoms with van der Waals surface area (Å²) in [5.41, 5.74) is 5.10. The molecule has 0 fully saturated rings. The third-order valence-corrected chi connectivity index (χ3v) is 4.18. The van der Waals surface area contributed by atoms with Crippen molar-refractivity contribution >= 4 is 55.7 Å². The molecule has 0 rings (SSSR count). The SMILES string of the molecule is CC(C)OCNC(=O)CNC(=O)C([CH2][Pb])NC(=O)CNC(=O)CN.CC=O. The van der Waals surface area contributed by atoms with Crippen molar-refractivity contribution in [1.82, 2.24) is 21.3 Å². The zero-order valence-corrected chi connectivity index (χ0v) is 19.7. The van der Waals surface area contributed by atoms with E-state index in [9.17, 15) is 19.2 Å². The monoisotopic (exact) mass is 582 g/mol. The summed E-state index contributed by atoms with van der Waals surface area (Å²) in [5.74, 6) is -1.80. The number of carbonyl (C=O) groups is 5. The molecule has 0 saturated heterocycles. The molecule has 1 unspecified atom stereocenters. The third-order valence-electron chi connectivity index (χ3n) is 2.60. The number of rotatable bonds is 11. The van der Waals surface area contributed by atoms with Crippen LogP contribution in [0.4, 0.5) is 0 Å². The first kappa shape index (κ1) is 27.6. The topological polar surface area (TPSA) is 169 Å². The van der Waals surface area contributed by atoms with E-state index in [0.29, 0.717) is 29.7 Å². The maximum absolute atomic E-state index is 12.0. The molecule has 0 heterocycles. The van der Waals surface area contributed by atoms with E-state index in [-0.39, 0.29) is 32.5 Å². The van der Waals surface area contributed by atoms with Gasteiger partial charge in [-0.3, -0.25) is 0 Å². The van der Waals surface area contributed by atoms with Gasteiger partial charge in [0.1, 0.15) is 6.29 Å². The molecule has 0 aromatic heterocycles. The van der Waals surface area contributed by atoms with Gasteiger partial charge >= 0.3 is 157 Å². The van der Waals surface area contributed by atoms with E-state index in [0.717, 1.165) is 6.29 Å². The number of hydrogen-bond acceptors (Lipinski definition) is 7. The van der Waals surface area contributed by atoms with Crippen molar-refractivity contribution in [3.8, 4) is 0 Å². The van der Waals surface area contributed by atoms with Crippen LogP contribution in [-0.2, 0) is 28.7 Å². The first-order valence-corrected chi connectivity index (χ1v) is 10.9. The average molecular weight is 582 g/mol. The van der Waals surface area contributed by atoms with Gasteiger partial charge in [-0.2, -0.15) is 0 Å². The van der Waals surface area contributed by atoms with Gasteiger partial charge in [0.2, 0.25) is 0 Å². The Morgan fingerprint density at radius 2 is 1.59 bits per heavy atom. The fourth-order valence-electron chi connectivity index (χ4n) is 1.35. The van der Waals surface area contributed by atoms with Crippen molar-refractivity contribution in [2.45, 2.75) is 36.9 Å². The van der Waals surface area contributed by atoms with Crippen LogP contribution < -0.4 is 27.0 Å². The number of nitrogens with one attached hydrogen (secondary N) is 4. The number of aldehydes is 1. The number of hydrogen-bond donors (Lipinski definition) is 5. The molecule has 0 aliphatic heterocycles. The van der Waals surface area contributed by atoms with Crippen molar-refractivity contribution in [3.63, 3.8) is 0 Å². The first-order chi connectivity index (χ1) is 12.7. The van der Waals surface area contributed by atoms with Crippen LogP contribution in [0.1, 0.15) is 20.8 Å². The Labute approximate surface area is 174 Å². The zero-order valence-electron chi connectivity index (χ0n) is 15.8. The molecule has 4 amide bonds. The molecule has 0 aliphatic carbocycles. The molecule has 0 aliphatic rings. The normalized spacial score (nSPS) is 10.7. The van der Waals surface area contributed by atoms with Crippen LogP contribution in [0.2, 0.25) is 3.98 Å². The molecule has 0 bridgehead atoms. The van der Waals surface area contributed by atoms with Crippen molar-refractivity contribution in [2.75, 3.05) is 26.4 Å². The second kappa shape index (κ2) is 17.8. The predicted molar refractivity (Wildman–Crippen MR) is 98.5 cm³/mol. The molecule has 12 heteroatoms. The standard InChI is InChI=1S/C13H24N5O5.C2H4O.Pb/c1-8(2)23-7-17-11(20)5-16-13(22)9(3)18-12(21)6-15-10(19)4-14;1-2-3;/h8-9H,3-7,14H2,1-2H3,(H,15,19)(H,16,22)(H,17,20)(H,18,21);2H,1H3;. The molecule has 6 N–H and O–H groups in total. The van der Waals surface area contributed by atoms with Crippen LogP contribution in [0.15, 0.2) is 0 Å². The summed E-state index contributed by atoms with van der Waals surface area (Å²) in [4.78, 5) is 54.9. The van der Waals surface area contributed by atoms with Crippen molar-refractivity contribution < 1.29 is 28.7 Å². The van der Waals surface area contributed by atoms with Gasteiger partial charge < -0.3 is 4.79 Å². The second-order valence-corrected chi connectivity index (χ2v) is 6.81. The van der Waals surface area contributed by atoms with Crippen LogP contribution in [-0.4, -0.2) is 94.2 Å². The van der Waals surface area contributed by atoms with Gasteiger partial charge in [-0.25, -0.2) is 0 Å². The van der Waals surface area contributed by atoms with Gasteiger partial charge in [0, 0.05) is 0 Å². The number of nitrogens with two attached hydrogens (primary N) is 1. The maximum atomic E-state index is 12.0. The van der Waals surface area contributed by atoms with Gasteiger partial charge in [-0.05, 0) is 6.92 Å². The maximum Gasteiger partial charge on any atom is 0.116 e. The van der Waals surface area contributed by atoms with Gasteiger partial charge in [0.25, 0.3) is 0 Å². The molecule has 3 radical (unpaired) electrons. The summed E-state index contributed by atoms with van der Waals surface area (Å²) in [5, 5.41) is 9.75. The summed E-state index contributed by atoms with van der Waals surface area (Å²) in [6, 6.07) is -0.737. The van der Waals surface area contributed by atoms with E-state index in [4.69, 9.17) is 15.3 Å². The Kier molecular flexibility index (Phi) is 18.2. The Balaban J connectivity index is 0. The summed E-state index contributed by atoms with van der Waals surface area (Å²) in [6.45, 7) is 4.50. The summed E-state index contributed by atoms with van der Waals surface area (Å²) in [6.07, 6.45) is 0.740. The van der Waals surface area contributed by atoms with Crippen LogP contribution in [0.5, 0.6) is 0 Å². The Morgan fingerprint density at radius 3 is 2.07 bits per heavy atom. The minimum Gasteiger partial charge on any atom is -0.304 e. The summed E-state index contributed by atoms with van der Waals surface area (Å²) in [7, 11) is 0. The second-order valence-electron chi connectivity index (χ2n) is 5.22. The first-order valence-electron chi connectivity index (χ1n) is 8.18. The predicted octanol–water partition coefficient (Wildman–Crippen LogP) is -3.05. The van der Waals surface area contributed by atoms with E-state index in [2.05, 4.69) is 21.3 Å². The molecule has 27 heavy (non-hydrogen) atoms. The van der Waals surface area contributed by atoms with Gasteiger partial charge in [-0.1, -0.05) is 0 Å². The molecule has 0 aromatic rings. The average Bonchev–Trinajstić information content (AvgIpc) is 2.62. The van der Waals surface area contributed by atoms with Gasteiger partial charge in [0.15, 0.2) is 0 Å². The van der Waals surface area contributed by atoms with E-state index < -0.39 is 29.7 Å². The van der Waals surface area contributed by atoms with Gasteiger partial charge in [0.05, 0.1) is 0 Å². The Morgan fingerprint density at radius 1 is 1.04 bits per heavy atom. The van der Waals surface area contributed by atoms with E-state index in [1.54, 1.807) is 0 Å². The smallest absolute Gasteiger partial charge is 0.116 e. The molecule has 153 valence electrons. The summed E-state index contributed by atoms with van der Waals surface area (Å²) >= 11 is 0.677. The van der Waals surface area contributed by atoms with Crippen molar-refractivity contribution in [1.29, 1.82) is 0 Å². The van der Waals surface area contributed by atoms with Crippen LogP contribution in [0, 0.1) is 0 Å². The molecular weight excluding hydrogens is 553 g/mol. The minimum atomic E-state index is -0.737. The number of amides is 4. The van der Waals surface area contributed by atoms with E-state index in [1.165, 1.54) is 6.92 Å². The van der Waals surface area contributed by atoms with Crippen molar-refractivity contribution in [3.05, 3.63) is 0 Å². The largest absolute Gasteiger partial charge is 0.304 e. The number of carbonyl (C=O) groups excluding carboxylic acids is 5. The van der Waals surface area contributed by atoms with E-state index >= 15 is 0 Å². The molecule has 0 saturated carbocycles. The van der Waals surface area contributed by atoms with Crippen LogP contribution >= 0.6 is 0 Å². The third kappa shape index (κ3) is 17.6. The Bertz CT molecular complexity index is 489. The fourth-order valence-corrected chi connectivity index (χ4v) is 2.47. The minimum absolute atomic E-state index is 0.00991. The molecule has 0 spiro atoms. The summed E-state index contributed by atoms with van der Waals surface area (Å²) < 4.78 is 5.63. The molecule has 1 atom stereocenters. The van der Waals surface area contributed by atoms with Crippen molar-refractivity contribution in [2.24, 2.45) is 5.73 Å². The quantitative estimate of drug-likeness (QED) is 0.0982. The zero-order chi connectivity index (χ0) is 21.2. The molecule has 11 nitrogen and oxygen atoms in total.